The van der Waals surface area contributed by atoms with Crippen molar-refractivity contribution in [3.8, 4) is 0 Å². The minimum atomic E-state index is 0.109. The second-order valence-corrected chi connectivity index (χ2v) is 4.20. The van der Waals surface area contributed by atoms with Gasteiger partial charge in [-0.05, 0) is 23.7 Å². The number of hydrogen-bond acceptors (Lipinski definition) is 3. The molecule has 0 aromatic carbocycles. The third-order valence-electron chi connectivity index (χ3n) is 1.44. The van der Waals surface area contributed by atoms with Crippen LogP contribution >= 0.6 is 24.4 Å². The third kappa shape index (κ3) is 6.85. The second-order valence-electron chi connectivity index (χ2n) is 2.84. The topological polar surface area (TPSA) is 29.1 Å². The quantitative estimate of drug-likeness (QED) is 0.645. The van der Waals surface area contributed by atoms with Gasteiger partial charge in [0.1, 0.15) is 0 Å². The number of nitrogens with one attached hydrogen (secondary N) is 1. The molecular formula is C8H17NOS2. The number of carbonyl (C=O) groups is 1. The Bertz CT molecular complexity index is 130. The van der Waals surface area contributed by atoms with Crippen molar-refractivity contribution in [2.75, 3.05) is 24.3 Å². The van der Waals surface area contributed by atoms with Crippen LogP contribution in [0.1, 0.15) is 13.3 Å². The van der Waals surface area contributed by atoms with Crippen molar-refractivity contribution in [1.29, 1.82) is 0 Å². The summed E-state index contributed by atoms with van der Waals surface area (Å²) in [6.45, 7) is 2.92. The lowest BCUT2D eigenvalue weighted by atomic mass is 10.2. The molecule has 72 valence electrons. The molecule has 0 aliphatic carbocycles. The van der Waals surface area contributed by atoms with Crippen molar-refractivity contribution in [2.45, 2.75) is 13.3 Å². The summed E-state index contributed by atoms with van der Waals surface area (Å²) in [5.41, 5.74) is 0. The highest BCUT2D eigenvalue weighted by Crippen LogP contribution is 2.02. The molecule has 1 unspecified atom stereocenters. The van der Waals surface area contributed by atoms with E-state index in [9.17, 15) is 4.79 Å². The number of hydrogen-bond donors (Lipinski definition) is 2. The van der Waals surface area contributed by atoms with Crippen LogP contribution in [-0.4, -0.2) is 30.2 Å². The lowest BCUT2D eigenvalue weighted by Gasteiger charge is -2.10. The van der Waals surface area contributed by atoms with Crippen LogP contribution in [0.2, 0.25) is 0 Å². The largest absolute Gasteiger partial charge is 0.356 e. The van der Waals surface area contributed by atoms with Gasteiger partial charge in [-0.3, -0.25) is 4.79 Å². The summed E-state index contributed by atoms with van der Waals surface area (Å²) in [6.07, 6.45) is 2.60. The van der Waals surface area contributed by atoms with E-state index in [-0.39, 0.29) is 5.91 Å². The average molecular weight is 207 g/mol. The first kappa shape index (κ1) is 12.2. The molecule has 0 fully saturated rings. The van der Waals surface area contributed by atoms with Crippen LogP contribution in [0.5, 0.6) is 0 Å². The van der Waals surface area contributed by atoms with Crippen LogP contribution in [0.3, 0.4) is 0 Å². The van der Waals surface area contributed by atoms with Crippen LogP contribution in [0.15, 0.2) is 0 Å². The lowest BCUT2D eigenvalue weighted by molar-refractivity contribution is -0.120. The van der Waals surface area contributed by atoms with E-state index >= 15 is 0 Å². The molecule has 2 nitrogen and oxygen atoms in total. The van der Waals surface area contributed by atoms with Gasteiger partial charge in [-0.2, -0.15) is 24.4 Å². The molecule has 12 heavy (non-hydrogen) atoms. The molecule has 0 aliphatic heterocycles. The molecule has 0 saturated heterocycles. The Morgan fingerprint density at radius 2 is 2.33 bits per heavy atom. The summed E-state index contributed by atoms with van der Waals surface area (Å²) in [7, 11) is 0. The van der Waals surface area contributed by atoms with E-state index in [2.05, 4.69) is 31.1 Å². The summed E-state index contributed by atoms with van der Waals surface area (Å²) in [5, 5.41) is 2.87. The first-order valence-corrected chi connectivity index (χ1v) is 6.09. The van der Waals surface area contributed by atoms with Gasteiger partial charge in [-0.15, -0.1) is 0 Å². The van der Waals surface area contributed by atoms with E-state index in [0.717, 1.165) is 12.3 Å². The molecule has 0 aromatic rings. The molecule has 0 saturated carbocycles. The van der Waals surface area contributed by atoms with Crippen molar-refractivity contribution in [3.05, 3.63) is 0 Å². The Kier molecular flexibility index (Phi) is 7.91. The monoisotopic (exact) mass is 207 g/mol. The first-order valence-electron chi connectivity index (χ1n) is 4.07. The van der Waals surface area contributed by atoms with Crippen molar-refractivity contribution in [1.82, 2.24) is 5.32 Å². The third-order valence-corrected chi connectivity index (χ3v) is 2.56. The van der Waals surface area contributed by atoms with Gasteiger partial charge in [0, 0.05) is 13.0 Å². The molecule has 0 bridgehead atoms. The number of amides is 1. The van der Waals surface area contributed by atoms with Crippen LogP contribution in [-0.2, 0) is 4.79 Å². The van der Waals surface area contributed by atoms with Gasteiger partial charge < -0.3 is 5.32 Å². The fourth-order valence-corrected chi connectivity index (χ4v) is 1.71. The summed E-state index contributed by atoms with van der Waals surface area (Å²) in [4.78, 5) is 11.0. The minimum Gasteiger partial charge on any atom is -0.356 e. The molecule has 1 N–H and O–H groups in total. The van der Waals surface area contributed by atoms with Crippen molar-refractivity contribution in [2.24, 2.45) is 5.92 Å². The van der Waals surface area contributed by atoms with E-state index in [1.165, 1.54) is 0 Å². The highest BCUT2D eigenvalue weighted by Gasteiger charge is 2.03. The highest BCUT2D eigenvalue weighted by atomic mass is 32.2. The zero-order valence-corrected chi connectivity index (χ0v) is 9.38. The Morgan fingerprint density at radius 1 is 1.67 bits per heavy atom. The minimum absolute atomic E-state index is 0.109. The van der Waals surface area contributed by atoms with Gasteiger partial charge in [0.25, 0.3) is 0 Å². The molecule has 0 rings (SSSR count). The molecule has 1 amide bonds. The van der Waals surface area contributed by atoms with E-state index in [1.807, 2.05) is 11.8 Å². The van der Waals surface area contributed by atoms with E-state index in [1.54, 1.807) is 0 Å². The molecule has 0 radical (unpaired) electrons. The predicted molar refractivity (Wildman–Crippen MR) is 59.0 cm³/mol. The van der Waals surface area contributed by atoms with Crippen LogP contribution in [0, 0.1) is 5.92 Å². The molecule has 0 aliphatic rings. The fraction of sp³-hybridized carbons (Fsp3) is 0.875. The molecule has 4 heteroatoms. The lowest BCUT2D eigenvalue weighted by Crippen LogP contribution is -2.29. The van der Waals surface area contributed by atoms with Crippen LogP contribution < -0.4 is 5.32 Å². The number of carbonyl (C=O) groups excluding carboxylic acids is 1. The fourth-order valence-electron chi connectivity index (χ4n) is 0.821. The van der Waals surface area contributed by atoms with E-state index in [4.69, 9.17) is 0 Å². The number of rotatable bonds is 6. The SMILES string of the molecule is CSCC(C)CNC(=O)CCS. The second kappa shape index (κ2) is 7.80. The van der Waals surface area contributed by atoms with Gasteiger partial charge in [-0.1, -0.05) is 6.92 Å². The summed E-state index contributed by atoms with van der Waals surface area (Å²) < 4.78 is 0. The summed E-state index contributed by atoms with van der Waals surface area (Å²) in [6, 6.07) is 0. The first-order chi connectivity index (χ1) is 5.70. The van der Waals surface area contributed by atoms with Crippen LogP contribution in [0.4, 0.5) is 0 Å². The molecule has 0 heterocycles. The maximum absolute atomic E-state index is 11.0. The standard InChI is InChI=1S/C8H17NOS2/c1-7(6-12-2)5-9-8(10)3-4-11/h7,11H,3-6H2,1-2H3,(H,9,10). The Hall–Kier alpha value is 0.170. The molecule has 1 atom stereocenters. The Labute approximate surface area is 84.3 Å². The molecule has 0 aromatic heterocycles. The van der Waals surface area contributed by atoms with Gasteiger partial charge >= 0.3 is 0 Å². The molecular weight excluding hydrogens is 190 g/mol. The molecule has 0 spiro atoms. The zero-order chi connectivity index (χ0) is 9.40. The van der Waals surface area contributed by atoms with Gasteiger partial charge in [-0.25, -0.2) is 0 Å². The van der Waals surface area contributed by atoms with E-state index < -0.39 is 0 Å². The Morgan fingerprint density at radius 3 is 2.83 bits per heavy atom. The predicted octanol–water partition coefficient (Wildman–Crippen LogP) is 1.42. The van der Waals surface area contributed by atoms with Gasteiger partial charge in [0.05, 0.1) is 0 Å². The zero-order valence-electron chi connectivity index (χ0n) is 7.67. The highest BCUT2D eigenvalue weighted by molar-refractivity contribution is 7.98. The summed E-state index contributed by atoms with van der Waals surface area (Å²) >= 11 is 5.79. The van der Waals surface area contributed by atoms with Gasteiger partial charge in [0.15, 0.2) is 0 Å². The Balaban J connectivity index is 3.33. The number of thiol groups is 1. The van der Waals surface area contributed by atoms with Crippen LogP contribution in [0.25, 0.3) is 0 Å². The van der Waals surface area contributed by atoms with Gasteiger partial charge in [0.2, 0.25) is 5.91 Å². The normalized spacial score (nSPS) is 12.6. The average Bonchev–Trinajstić information content (AvgIpc) is 2.02. The maximum Gasteiger partial charge on any atom is 0.220 e. The van der Waals surface area contributed by atoms with Crippen molar-refractivity contribution in [3.63, 3.8) is 0 Å². The van der Waals surface area contributed by atoms with Crippen molar-refractivity contribution >= 4 is 30.3 Å². The summed E-state index contributed by atoms with van der Waals surface area (Å²) in [5.74, 6) is 2.39. The smallest absolute Gasteiger partial charge is 0.220 e. The van der Waals surface area contributed by atoms with Crippen molar-refractivity contribution < 1.29 is 4.79 Å². The number of thioether (sulfide) groups is 1. The maximum atomic E-state index is 11.0. The van der Waals surface area contributed by atoms with E-state index in [0.29, 0.717) is 18.1 Å².